The average molecular weight is 298 g/mol. The number of allylic oxidation sites excluding steroid dienone is 2. The Balaban J connectivity index is 2.51. The number of rotatable bonds is 7. The first kappa shape index (κ1) is 17.0. The van der Waals surface area contributed by atoms with Gasteiger partial charge in [0.05, 0.1) is 5.60 Å². The lowest BCUT2D eigenvalue weighted by atomic mass is 9.77. The van der Waals surface area contributed by atoms with Crippen LogP contribution >= 0.6 is 0 Å². The summed E-state index contributed by atoms with van der Waals surface area (Å²) in [4.78, 5) is 0. The Morgan fingerprint density at radius 1 is 1.00 bits per heavy atom. The van der Waals surface area contributed by atoms with E-state index in [2.05, 4.69) is 64.1 Å². The number of hydrogen-bond acceptors (Lipinski definition) is 1. The molecule has 1 atom stereocenters. The van der Waals surface area contributed by atoms with Crippen LogP contribution in [-0.2, 0) is 4.74 Å². The molecule has 0 fully saturated rings. The van der Waals surface area contributed by atoms with Crippen molar-refractivity contribution in [2.75, 3.05) is 7.11 Å². The molecular formula is C21H30O. The highest BCUT2D eigenvalue weighted by atomic mass is 16.5. The van der Waals surface area contributed by atoms with Crippen molar-refractivity contribution in [3.63, 3.8) is 0 Å². The zero-order chi connectivity index (χ0) is 16.2. The predicted octanol–water partition coefficient (Wildman–Crippen LogP) is 6.02. The molecule has 0 spiro atoms. The standard InChI is InChI=1S/C21H30O/c1-6-11-17-15-19(16-13-9-8-10-14-16)20(18(17)12-7-2)21(3,4)22-5/h8-10,13-15,20H,6-7,11-12H2,1-5H3/t20-/m0/s1. The third-order valence-electron chi connectivity index (χ3n) is 4.77. The number of hydrogen-bond donors (Lipinski definition) is 0. The fraction of sp³-hybridized carbons (Fsp3) is 0.524. The van der Waals surface area contributed by atoms with Crippen LogP contribution in [0.5, 0.6) is 0 Å². The van der Waals surface area contributed by atoms with Gasteiger partial charge in [-0.15, -0.1) is 0 Å². The summed E-state index contributed by atoms with van der Waals surface area (Å²) in [5.41, 5.74) is 5.71. The van der Waals surface area contributed by atoms with E-state index >= 15 is 0 Å². The lowest BCUT2D eigenvalue weighted by Gasteiger charge is -2.35. The van der Waals surface area contributed by atoms with Crippen LogP contribution in [0, 0.1) is 5.92 Å². The minimum atomic E-state index is -0.179. The second kappa shape index (κ2) is 7.28. The van der Waals surface area contributed by atoms with Gasteiger partial charge in [-0.1, -0.05) is 68.7 Å². The normalized spacial score (nSPS) is 18.8. The molecule has 1 aliphatic rings. The Kier molecular flexibility index (Phi) is 5.63. The molecule has 0 heterocycles. The van der Waals surface area contributed by atoms with Crippen LogP contribution in [0.3, 0.4) is 0 Å². The number of ether oxygens (including phenoxy) is 1. The molecule has 1 aliphatic carbocycles. The van der Waals surface area contributed by atoms with Gasteiger partial charge in [0, 0.05) is 13.0 Å². The van der Waals surface area contributed by atoms with Gasteiger partial charge < -0.3 is 4.74 Å². The first-order valence-electron chi connectivity index (χ1n) is 8.59. The number of methoxy groups -OCH3 is 1. The Morgan fingerprint density at radius 3 is 2.18 bits per heavy atom. The molecule has 1 aromatic carbocycles. The van der Waals surface area contributed by atoms with E-state index < -0.39 is 0 Å². The summed E-state index contributed by atoms with van der Waals surface area (Å²) < 4.78 is 5.90. The van der Waals surface area contributed by atoms with Crippen molar-refractivity contribution in [3.05, 3.63) is 53.1 Å². The smallest absolute Gasteiger partial charge is 0.0728 e. The Morgan fingerprint density at radius 2 is 1.64 bits per heavy atom. The molecule has 0 aliphatic heterocycles. The van der Waals surface area contributed by atoms with Gasteiger partial charge >= 0.3 is 0 Å². The van der Waals surface area contributed by atoms with Crippen LogP contribution < -0.4 is 0 Å². The molecule has 0 bridgehead atoms. The van der Waals surface area contributed by atoms with Crippen LogP contribution in [0.2, 0.25) is 0 Å². The van der Waals surface area contributed by atoms with Crippen LogP contribution in [0.1, 0.15) is 58.9 Å². The molecule has 120 valence electrons. The molecule has 0 aromatic heterocycles. The fourth-order valence-electron chi connectivity index (χ4n) is 3.61. The Bertz CT molecular complexity index is 549. The first-order chi connectivity index (χ1) is 10.5. The SMILES string of the molecule is CCCC1=C(CCC)[C@H](C(C)(C)OC)C(c2ccccc2)=C1. The third kappa shape index (κ3) is 3.35. The topological polar surface area (TPSA) is 9.23 Å². The lowest BCUT2D eigenvalue weighted by molar-refractivity contribution is 0.00104. The summed E-state index contributed by atoms with van der Waals surface area (Å²) in [6.45, 7) is 8.98. The van der Waals surface area contributed by atoms with E-state index in [1.54, 1.807) is 11.1 Å². The van der Waals surface area contributed by atoms with Crippen LogP contribution in [0.15, 0.2) is 47.6 Å². The van der Waals surface area contributed by atoms with E-state index in [1.165, 1.54) is 36.8 Å². The predicted molar refractivity (Wildman–Crippen MR) is 95.8 cm³/mol. The molecule has 1 nitrogen and oxygen atoms in total. The molecule has 2 rings (SSSR count). The monoisotopic (exact) mass is 298 g/mol. The van der Waals surface area contributed by atoms with Crippen molar-refractivity contribution in [3.8, 4) is 0 Å². The summed E-state index contributed by atoms with van der Waals surface area (Å²) in [5.74, 6) is 0.362. The van der Waals surface area contributed by atoms with Crippen molar-refractivity contribution < 1.29 is 4.74 Å². The molecule has 0 unspecified atom stereocenters. The molecule has 22 heavy (non-hydrogen) atoms. The second-order valence-corrected chi connectivity index (χ2v) is 6.76. The van der Waals surface area contributed by atoms with Crippen LogP contribution in [-0.4, -0.2) is 12.7 Å². The molecule has 0 saturated heterocycles. The molecular weight excluding hydrogens is 268 g/mol. The van der Waals surface area contributed by atoms with Crippen LogP contribution in [0.25, 0.3) is 5.57 Å². The molecule has 0 amide bonds. The number of benzene rings is 1. The van der Waals surface area contributed by atoms with Crippen molar-refractivity contribution >= 4 is 5.57 Å². The van der Waals surface area contributed by atoms with E-state index in [4.69, 9.17) is 4.74 Å². The van der Waals surface area contributed by atoms with Crippen molar-refractivity contribution in [1.29, 1.82) is 0 Å². The Hall–Kier alpha value is -1.34. The van der Waals surface area contributed by atoms with Gasteiger partial charge in [-0.3, -0.25) is 0 Å². The first-order valence-corrected chi connectivity index (χ1v) is 8.59. The van der Waals surface area contributed by atoms with Gasteiger partial charge in [0.15, 0.2) is 0 Å². The van der Waals surface area contributed by atoms with Crippen LogP contribution in [0.4, 0.5) is 0 Å². The summed E-state index contributed by atoms with van der Waals surface area (Å²) >= 11 is 0. The summed E-state index contributed by atoms with van der Waals surface area (Å²) in [6.07, 6.45) is 7.16. The van der Waals surface area contributed by atoms with E-state index in [1.807, 2.05) is 7.11 Å². The minimum absolute atomic E-state index is 0.179. The maximum absolute atomic E-state index is 5.90. The van der Waals surface area contributed by atoms with Gasteiger partial charge in [-0.25, -0.2) is 0 Å². The highest BCUT2D eigenvalue weighted by Crippen LogP contribution is 2.47. The van der Waals surface area contributed by atoms with Gasteiger partial charge in [-0.05, 0) is 43.4 Å². The summed E-state index contributed by atoms with van der Waals surface area (Å²) in [7, 11) is 1.84. The Labute approximate surface area is 136 Å². The quantitative estimate of drug-likeness (QED) is 0.598. The van der Waals surface area contributed by atoms with E-state index in [9.17, 15) is 0 Å². The van der Waals surface area contributed by atoms with E-state index in [0.29, 0.717) is 5.92 Å². The highest BCUT2D eigenvalue weighted by Gasteiger charge is 2.39. The van der Waals surface area contributed by atoms with E-state index in [-0.39, 0.29) is 5.60 Å². The molecule has 1 aromatic rings. The largest absolute Gasteiger partial charge is 0.378 e. The summed E-state index contributed by atoms with van der Waals surface area (Å²) in [5, 5.41) is 0. The van der Waals surface area contributed by atoms with Crippen molar-refractivity contribution in [1.82, 2.24) is 0 Å². The molecule has 0 radical (unpaired) electrons. The zero-order valence-electron chi connectivity index (χ0n) is 14.8. The minimum Gasteiger partial charge on any atom is -0.378 e. The van der Waals surface area contributed by atoms with Gasteiger partial charge in [0.25, 0.3) is 0 Å². The second-order valence-electron chi connectivity index (χ2n) is 6.76. The van der Waals surface area contributed by atoms with Crippen molar-refractivity contribution in [2.45, 2.75) is 59.0 Å². The summed E-state index contributed by atoms with van der Waals surface area (Å²) in [6, 6.07) is 10.8. The molecule has 0 N–H and O–H groups in total. The van der Waals surface area contributed by atoms with Gasteiger partial charge in [-0.2, -0.15) is 0 Å². The van der Waals surface area contributed by atoms with Crippen molar-refractivity contribution in [2.24, 2.45) is 5.92 Å². The van der Waals surface area contributed by atoms with Gasteiger partial charge in [0.1, 0.15) is 0 Å². The molecule has 0 saturated carbocycles. The highest BCUT2D eigenvalue weighted by molar-refractivity contribution is 5.77. The fourth-order valence-corrected chi connectivity index (χ4v) is 3.61. The maximum Gasteiger partial charge on any atom is 0.0728 e. The van der Waals surface area contributed by atoms with Gasteiger partial charge in [0.2, 0.25) is 0 Å². The average Bonchev–Trinajstić information content (AvgIpc) is 2.88. The zero-order valence-corrected chi connectivity index (χ0v) is 14.8. The lowest BCUT2D eigenvalue weighted by Crippen LogP contribution is -2.34. The molecule has 1 heteroatoms. The third-order valence-corrected chi connectivity index (χ3v) is 4.77. The maximum atomic E-state index is 5.90. The van der Waals surface area contributed by atoms with E-state index in [0.717, 1.165) is 0 Å².